The van der Waals surface area contributed by atoms with Gasteiger partial charge in [-0.3, -0.25) is 4.79 Å². The van der Waals surface area contributed by atoms with Crippen LogP contribution in [0.25, 0.3) is 10.9 Å². The summed E-state index contributed by atoms with van der Waals surface area (Å²) in [4.78, 5) is 18.3. The van der Waals surface area contributed by atoms with E-state index in [1.807, 2.05) is 37.2 Å². The number of hydrogen-bond donors (Lipinski definition) is 1. The zero-order valence-electron chi connectivity index (χ0n) is 15.5. The molecule has 2 aromatic carbocycles. The molecule has 0 saturated carbocycles. The SMILES string of the molecule is COc1cc(C(=O)c2c[nH]c3cc(N(C)C)ccc23)cc(OC)c1OC. The van der Waals surface area contributed by atoms with E-state index >= 15 is 0 Å². The van der Waals surface area contributed by atoms with E-state index in [0.717, 1.165) is 16.6 Å². The molecule has 0 fully saturated rings. The molecule has 1 heterocycles. The van der Waals surface area contributed by atoms with Crippen molar-refractivity contribution >= 4 is 22.4 Å². The second-order valence-electron chi connectivity index (χ2n) is 6.07. The molecular weight excluding hydrogens is 332 g/mol. The predicted octanol–water partition coefficient (Wildman–Crippen LogP) is 3.49. The summed E-state index contributed by atoms with van der Waals surface area (Å²) >= 11 is 0. The third-order valence-corrected chi connectivity index (χ3v) is 4.35. The van der Waals surface area contributed by atoms with Gasteiger partial charge in [-0.25, -0.2) is 0 Å². The van der Waals surface area contributed by atoms with Crippen LogP contribution in [-0.2, 0) is 0 Å². The van der Waals surface area contributed by atoms with Crippen molar-refractivity contribution in [2.24, 2.45) is 0 Å². The predicted molar refractivity (Wildman–Crippen MR) is 102 cm³/mol. The molecule has 0 saturated heterocycles. The Morgan fingerprint density at radius 1 is 0.962 bits per heavy atom. The smallest absolute Gasteiger partial charge is 0.203 e. The number of rotatable bonds is 6. The largest absolute Gasteiger partial charge is 0.493 e. The average Bonchev–Trinajstić information content (AvgIpc) is 3.09. The molecule has 136 valence electrons. The maximum absolute atomic E-state index is 13.1. The third-order valence-electron chi connectivity index (χ3n) is 4.35. The first-order valence-electron chi connectivity index (χ1n) is 8.13. The van der Waals surface area contributed by atoms with Gasteiger partial charge in [0.1, 0.15) is 0 Å². The van der Waals surface area contributed by atoms with Crippen molar-refractivity contribution in [3.05, 3.63) is 47.7 Å². The summed E-state index contributed by atoms with van der Waals surface area (Å²) in [6.07, 6.45) is 1.73. The summed E-state index contributed by atoms with van der Waals surface area (Å²) in [5.74, 6) is 1.24. The minimum atomic E-state index is -0.117. The van der Waals surface area contributed by atoms with E-state index in [2.05, 4.69) is 4.98 Å². The lowest BCUT2D eigenvalue weighted by atomic mass is 10.0. The van der Waals surface area contributed by atoms with Gasteiger partial charge in [-0.2, -0.15) is 0 Å². The summed E-state index contributed by atoms with van der Waals surface area (Å²) in [6.45, 7) is 0. The molecule has 6 heteroatoms. The molecule has 6 nitrogen and oxygen atoms in total. The van der Waals surface area contributed by atoms with Gasteiger partial charge in [-0.1, -0.05) is 6.07 Å². The highest BCUT2D eigenvalue weighted by Gasteiger charge is 2.20. The third kappa shape index (κ3) is 2.94. The number of aromatic nitrogens is 1. The first kappa shape index (κ1) is 17.7. The van der Waals surface area contributed by atoms with Gasteiger partial charge in [0.05, 0.1) is 21.3 Å². The first-order chi connectivity index (χ1) is 12.5. The highest BCUT2D eigenvalue weighted by Crippen LogP contribution is 2.39. The molecule has 0 atom stereocenters. The maximum Gasteiger partial charge on any atom is 0.203 e. The highest BCUT2D eigenvalue weighted by molar-refractivity contribution is 6.17. The van der Waals surface area contributed by atoms with Gasteiger partial charge < -0.3 is 24.1 Å². The van der Waals surface area contributed by atoms with E-state index in [0.29, 0.717) is 28.4 Å². The molecule has 3 aromatic rings. The van der Waals surface area contributed by atoms with Crippen molar-refractivity contribution in [2.75, 3.05) is 40.3 Å². The van der Waals surface area contributed by atoms with Crippen LogP contribution in [0, 0.1) is 0 Å². The van der Waals surface area contributed by atoms with E-state index < -0.39 is 0 Å². The Labute approximate surface area is 152 Å². The molecule has 26 heavy (non-hydrogen) atoms. The molecule has 0 aliphatic carbocycles. The van der Waals surface area contributed by atoms with Crippen LogP contribution < -0.4 is 19.1 Å². The average molecular weight is 354 g/mol. The lowest BCUT2D eigenvalue weighted by Crippen LogP contribution is -2.08. The lowest BCUT2D eigenvalue weighted by Gasteiger charge is -2.14. The molecule has 0 radical (unpaired) electrons. The Morgan fingerprint density at radius 2 is 1.62 bits per heavy atom. The monoisotopic (exact) mass is 354 g/mol. The molecule has 0 aliphatic rings. The lowest BCUT2D eigenvalue weighted by molar-refractivity contribution is 0.103. The second-order valence-corrected chi connectivity index (χ2v) is 6.07. The van der Waals surface area contributed by atoms with Crippen LogP contribution in [0.3, 0.4) is 0 Å². The van der Waals surface area contributed by atoms with Gasteiger partial charge in [0.15, 0.2) is 17.3 Å². The Morgan fingerprint density at radius 3 is 2.15 bits per heavy atom. The zero-order valence-corrected chi connectivity index (χ0v) is 15.5. The minimum absolute atomic E-state index is 0.117. The molecular formula is C20H22N2O4. The van der Waals surface area contributed by atoms with Crippen LogP contribution in [0.15, 0.2) is 36.5 Å². The van der Waals surface area contributed by atoms with E-state index in [1.54, 1.807) is 18.3 Å². The Kier molecular flexibility index (Phi) is 4.75. The van der Waals surface area contributed by atoms with Crippen molar-refractivity contribution < 1.29 is 19.0 Å². The summed E-state index contributed by atoms with van der Waals surface area (Å²) < 4.78 is 16.0. The minimum Gasteiger partial charge on any atom is -0.493 e. The molecule has 0 amide bonds. The topological polar surface area (TPSA) is 63.8 Å². The number of aromatic amines is 1. The summed E-state index contributed by atoms with van der Waals surface area (Å²) in [5.41, 5.74) is 3.04. The molecule has 0 bridgehead atoms. The number of anilines is 1. The van der Waals surface area contributed by atoms with Crippen molar-refractivity contribution in [3.63, 3.8) is 0 Å². The summed E-state index contributed by atoms with van der Waals surface area (Å²) in [5, 5.41) is 0.870. The van der Waals surface area contributed by atoms with Crippen molar-refractivity contribution in [1.29, 1.82) is 0 Å². The van der Waals surface area contributed by atoms with Crippen LogP contribution in [0.4, 0.5) is 5.69 Å². The number of hydrogen-bond acceptors (Lipinski definition) is 5. The van der Waals surface area contributed by atoms with Gasteiger partial charge in [0.2, 0.25) is 5.75 Å². The number of benzene rings is 2. The van der Waals surface area contributed by atoms with E-state index in [9.17, 15) is 4.79 Å². The summed E-state index contributed by atoms with van der Waals surface area (Å²) in [6, 6.07) is 9.28. The number of carbonyl (C=O) groups excluding carboxylic acids is 1. The first-order valence-corrected chi connectivity index (χ1v) is 8.13. The Balaban J connectivity index is 2.08. The Hall–Kier alpha value is -3.15. The zero-order chi connectivity index (χ0) is 18.8. The van der Waals surface area contributed by atoms with Gasteiger partial charge in [-0.15, -0.1) is 0 Å². The van der Waals surface area contributed by atoms with Crippen molar-refractivity contribution in [1.82, 2.24) is 4.98 Å². The van der Waals surface area contributed by atoms with Gasteiger partial charge in [0, 0.05) is 48.0 Å². The van der Waals surface area contributed by atoms with Crippen molar-refractivity contribution in [3.8, 4) is 17.2 Å². The van der Waals surface area contributed by atoms with Crippen LogP contribution in [0.1, 0.15) is 15.9 Å². The van der Waals surface area contributed by atoms with E-state index in [4.69, 9.17) is 14.2 Å². The quantitative estimate of drug-likeness (QED) is 0.687. The molecule has 1 aromatic heterocycles. The standard InChI is InChI=1S/C20H22N2O4/c1-22(2)13-6-7-14-15(11-21-16(14)10-13)19(23)12-8-17(24-3)20(26-5)18(9-12)25-4/h6-11,21H,1-5H3. The fraction of sp³-hybridized carbons (Fsp3) is 0.250. The molecule has 0 spiro atoms. The number of H-pyrrole nitrogens is 1. The number of carbonyl (C=O) groups is 1. The van der Waals surface area contributed by atoms with E-state index in [1.165, 1.54) is 21.3 Å². The van der Waals surface area contributed by atoms with Crippen molar-refractivity contribution in [2.45, 2.75) is 0 Å². The molecule has 0 aliphatic heterocycles. The van der Waals surface area contributed by atoms with Crippen LogP contribution in [0.2, 0.25) is 0 Å². The van der Waals surface area contributed by atoms with Gasteiger partial charge >= 0.3 is 0 Å². The summed E-state index contributed by atoms with van der Waals surface area (Å²) in [7, 11) is 8.54. The molecule has 3 rings (SSSR count). The normalized spacial score (nSPS) is 10.7. The van der Waals surface area contributed by atoms with Crippen LogP contribution in [-0.4, -0.2) is 46.2 Å². The van der Waals surface area contributed by atoms with Crippen LogP contribution >= 0.6 is 0 Å². The number of fused-ring (bicyclic) bond motifs is 1. The Bertz CT molecular complexity index is 935. The molecule has 1 N–H and O–H groups in total. The van der Waals surface area contributed by atoms with Gasteiger partial charge in [0.25, 0.3) is 0 Å². The number of nitrogens with zero attached hydrogens (tertiary/aromatic N) is 1. The number of methoxy groups -OCH3 is 3. The fourth-order valence-corrected chi connectivity index (χ4v) is 2.95. The highest BCUT2D eigenvalue weighted by atomic mass is 16.5. The second kappa shape index (κ2) is 7.00. The van der Waals surface area contributed by atoms with Crippen LogP contribution in [0.5, 0.6) is 17.2 Å². The van der Waals surface area contributed by atoms with Gasteiger partial charge in [-0.05, 0) is 24.3 Å². The number of ether oxygens (including phenoxy) is 3. The number of ketones is 1. The number of nitrogens with one attached hydrogen (secondary N) is 1. The molecule has 0 unspecified atom stereocenters. The fourth-order valence-electron chi connectivity index (χ4n) is 2.95. The maximum atomic E-state index is 13.1. The van der Waals surface area contributed by atoms with E-state index in [-0.39, 0.29) is 5.78 Å².